The minimum Gasteiger partial charge on any atom is -0.393 e. The Labute approximate surface area is 105 Å². The molecule has 5 nitrogen and oxygen atoms in total. The monoisotopic (exact) mass is 248 g/mol. The van der Waals surface area contributed by atoms with Crippen molar-refractivity contribution in [1.29, 1.82) is 0 Å². The number of carbonyl (C=O) groups excluding carboxylic acids is 2. The van der Waals surface area contributed by atoms with E-state index in [0.29, 0.717) is 0 Å². The highest BCUT2D eigenvalue weighted by Gasteiger charge is 2.44. The second kappa shape index (κ2) is 4.78. The summed E-state index contributed by atoms with van der Waals surface area (Å²) >= 11 is 0. The highest BCUT2D eigenvalue weighted by atomic mass is 16.3. The first-order chi connectivity index (χ1) is 8.54. The van der Waals surface area contributed by atoms with Gasteiger partial charge in [0.1, 0.15) is 0 Å². The fourth-order valence-electron chi connectivity index (χ4n) is 2.36. The number of imide groups is 1. The van der Waals surface area contributed by atoms with Crippen molar-refractivity contribution in [1.82, 2.24) is 10.6 Å². The molecular formula is C13H16N2O3. The summed E-state index contributed by atoms with van der Waals surface area (Å²) in [6.07, 6.45) is -0.366. The minimum atomic E-state index is -0.899. The topological polar surface area (TPSA) is 78.4 Å². The molecule has 0 aliphatic carbocycles. The molecule has 1 aliphatic rings. The third kappa shape index (κ3) is 2.22. The smallest absolute Gasteiger partial charge is 0.321 e. The first-order valence-electron chi connectivity index (χ1n) is 5.87. The van der Waals surface area contributed by atoms with Crippen LogP contribution in [-0.2, 0) is 10.2 Å². The van der Waals surface area contributed by atoms with Crippen LogP contribution in [0.25, 0.3) is 0 Å². The summed E-state index contributed by atoms with van der Waals surface area (Å²) in [5.41, 5.74) is -0.105. The average Bonchev–Trinajstić information content (AvgIpc) is 2.34. The Kier molecular flexibility index (Phi) is 3.34. The van der Waals surface area contributed by atoms with Crippen LogP contribution in [0.3, 0.4) is 0 Å². The average molecular weight is 248 g/mol. The maximum atomic E-state index is 12.2. The van der Waals surface area contributed by atoms with Crippen LogP contribution >= 0.6 is 0 Å². The summed E-state index contributed by atoms with van der Waals surface area (Å²) in [7, 11) is 0. The molecule has 1 fully saturated rings. The Hall–Kier alpha value is -1.88. The van der Waals surface area contributed by atoms with E-state index in [9.17, 15) is 14.7 Å². The molecule has 3 N–H and O–H groups in total. The Morgan fingerprint density at radius 1 is 1.33 bits per heavy atom. The molecule has 96 valence electrons. The van der Waals surface area contributed by atoms with Gasteiger partial charge in [0.05, 0.1) is 11.5 Å². The normalized spacial score (nSPS) is 25.2. The molecule has 1 heterocycles. The minimum absolute atomic E-state index is 0.201. The lowest BCUT2D eigenvalue weighted by molar-refractivity contribution is -0.127. The fraction of sp³-hybridized carbons (Fsp3) is 0.385. The second-order valence-electron chi connectivity index (χ2n) is 4.64. The van der Waals surface area contributed by atoms with Crippen molar-refractivity contribution in [3.63, 3.8) is 0 Å². The van der Waals surface area contributed by atoms with E-state index in [-0.39, 0.29) is 18.9 Å². The van der Waals surface area contributed by atoms with Crippen molar-refractivity contribution in [2.24, 2.45) is 0 Å². The van der Waals surface area contributed by atoms with Crippen LogP contribution in [0.15, 0.2) is 30.3 Å². The molecule has 0 aromatic heterocycles. The van der Waals surface area contributed by atoms with Crippen molar-refractivity contribution < 1.29 is 14.7 Å². The van der Waals surface area contributed by atoms with Gasteiger partial charge < -0.3 is 10.4 Å². The molecule has 2 rings (SSSR count). The van der Waals surface area contributed by atoms with Crippen LogP contribution in [0, 0.1) is 0 Å². The summed E-state index contributed by atoms with van der Waals surface area (Å²) in [5, 5.41) is 14.5. The van der Waals surface area contributed by atoms with Crippen LogP contribution in [0.4, 0.5) is 4.79 Å². The van der Waals surface area contributed by atoms with Crippen LogP contribution in [0.2, 0.25) is 0 Å². The van der Waals surface area contributed by atoms with Crippen molar-refractivity contribution in [2.45, 2.75) is 24.9 Å². The van der Waals surface area contributed by atoms with E-state index in [4.69, 9.17) is 0 Å². The molecule has 1 saturated heterocycles. The van der Waals surface area contributed by atoms with E-state index in [0.717, 1.165) is 5.56 Å². The Morgan fingerprint density at radius 2 is 2.00 bits per heavy atom. The number of hydrogen-bond donors (Lipinski definition) is 3. The maximum Gasteiger partial charge on any atom is 0.321 e. The number of amides is 3. The number of aliphatic hydroxyl groups is 1. The van der Waals surface area contributed by atoms with Gasteiger partial charge in [0.2, 0.25) is 5.91 Å². The lowest BCUT2D eigenvalue weighted by Crippen LogP contribution is -2.61. The largest absolute Gasteiger partial charge is 0.393 e. The van der Waals surface area contributed by atoms with Crippen molar-refractivity contribution in [2.75, 3.05) is 6.54 Å². The van der Waals surface area contributed by atoms with Crippen LogP contribution < -0.4 is 10.6 Å². The van der Waals surface area contributed by atoms with Crippen molar-refractivity contribution in [3.8, 4) is 0 Å². The molecular weight excluding hydrogens is 232 g/mol. The third-order valence-corrected chi connectivity index (χ3v) is 3.18. The highest BCUT2D eigenvalue weighted by molar-refractivity contribution is 6.03. The zero-order valence-corrected chi connectivity index (χ0v) is 10.1. The van der Waals surface area contributed by atoms with Crippen molar-refractivity contribution >= 4 is 11.9 Å². The van der Waals surface area contributed by atoms with Crippen molar-refractivity contribution in [3.05, 3.63) is 35.9 Å². The summed E-state index contributed by atoms with van der Waals surface area (Å²) in [6.45, 7) is 1.83. The van der Waals surface area contributed by atoms with E-state index >= 15 is 0 Å². The molecule has 2 atom stereocenters. The van der Waals surface area contributed by atoms with E-state index in [1.807, 2.05) is 30.3 Å². The van der Waals surface area contributed by atoms with Crippen LogP contribution in [0.1, 0.15) is 18.9 Å². The van der Waals surface area contributed by atoms with Gasteiger partial charge in [-0.3, -0.25) is 10.1 Å². The molecule has 0 saturated carbocycles. The zero-order chi connectivity index (χ0) is 13.2. The lowest BCUT2D eigenvalue weighted by atomic mass is 9.74. The van der Waals surface area contributed by atoms with Crippen LogP contribution in [-0.4, -0.2) is 29.7 Å². The summed E-state index contributed by atoms with van der Waals surface area (Å²) < 4.78 is 0. The molecule has 1 aromatic rings. The summed E-state index contributed by atoms with van der Waals surface area (Å²) in [5.74, 6) is -0.363. The predicted molar refractivity (Wildman–Crippen MR) is 66.0 cm³/mol. The first kappa shape index (κ1) is 12.6. The fourth-order valence-corrected chi connectivity index (χ4v) is 2.36. The van der Waals surface area contributed by atoms with E-state index in [1.54, 1.807) is 6.92 Å². The van der Waals surface area contributed by atoms with E-state index in [2.05, 4.69) is 10.6 Å². The van der Waals surface area contributed by atoms with Gasteiger partial charge in [-0.15, -0.1) is 0 Å². The third-order valence-electron chi connectivity index (χ3n) is 3.18. The number of carbonyl (C=O) groups is 2. The first-order valence-corrected chi connectivity index (χ1v) is 5.87. The van der Waals surface area contributed by atoms with Gasteiger partial charge in [0.15, 0.2) is 0 Å². The van der Waals surface area contributed by atoms with Gasteiger partial charge in [-0.1, -0.05) is 30.3 Å². The molecule has 18 heavy (non-hydrogen) atoms. The van der Waals surface area contributed by atoms with E-state index in [1.165, 1.54) is 0 Å². The SMILES string of the molecule is C[C@H](O)C[C@]1(c2ccccc2)CNC(=O)NC1=O. The number of nitrogens with one attached hydrogen (secondary N) is 2. The van der Waals surface area contributed by atoms with Gasteiger partial charge in [-0.05, 0) is 18.9 Å². The Morgan fingerprint density at radius 3 is 2.56 bits per heavy atom. The molecule has 1 aromatic carbocycles. The standard InChI is InChI=1S/C13H16N2O3/c1-9(16)7-13(10-5-3-2-4-6-10)8-14-12(18)15-11(13)17/h2-6,9,16H,7-8H2,1H3,(H2,14,15,17,18)/t9-,13+/m0/s1. The molecule has 3 amide bonds. The molecule has 0 spiro atoms. The highest BCUT2D eigenvalue weighted by Crippen LogP contribution is 2.30. The quantitative estimate of drug-likeness (QED) is 0.730. The lowest BCUT2D eigenvalue weighted by Gasteiger charge is -2.37. The van der Waals surface area contributed by atoms with Crippen LogP contribution in [0.5, 0.6) is 0 Å². The molecule has 5 heteroatoms. The molecule has 1 aliphatic heterocycles. The number of benzene rings is 1. The van der Waals surface area contributed by atoms with Gasteiger partial charge in [0, 0.05) is 6.54 Å². The predicted octanol–water partition coefficient (Wildman–Crippen LogP) is 0.535. The Balaban J connectivity index is 2.41. The number of rotatable bonds is 3. The van der Waals surface area contributed by atoms with E-state index < -0.39 is 17.6 Å². The van der Waals surface area contributed by atoms with Gasteiger partial charge in [-0.25, -0.2) is 4.79 Å². The van der Waals surface area contributed by atoms with Gasteiger partial charge in [-0.2, -0.15) is 0 Å². The maximum absolute atomic E-state index is 12.2. The Bertz CT molecular complexity index is 459. The molecule has 0 radical (unpaired) electrons. The second-order valence-corrected chi connectivity index (χ2v) is 4.64. The molecule has 0 unspecified atom stereocenters. The number of hydrogen-bond acceptors (Lipinski definition) is 3. The number of urea groups is 1. The number of aliphatic hydroxyl groups excluding tert-OH is 1. The summed E-state index contributed by atoms with van der Waals surface area (Å²) in [6, 6.07) is 8.71. The molecule has 0 bridgehead atoms. The van der Waals surface area contributed by atoms with Gasteiger partial charge in [0.25, 0.3) is 0 Å². The zero-order valence-electron chi connectivity index (χ0n) is 10.1. The van der Waals surface area contributed by atoms with Gasteiger partial charge >= 0.3 is 6.03 Å². The summed E-state index contributed by atoms with van der Waals surface area (Å²) in [4.78, 5) is 23.4.